The summed E-state index contributed by atoms with van der Waals surface area (Å²) >= 11 is 10.4. The van der Waals surface area contributed by atoms with Crippen molar-refractivity contribution in [3.63, 3.8) is 0 Å². The van der Waals surface area contributed by atoms with Crippen LogP contribution in [0.3, 0.4) is 0 Å². The second kappa shape index (κ2) is 6.32. The largest absolute Gasteiger partial charge is 0.481 e. The molecule has 1 atom stereocenters. The molecule has 18 heavy (non-hydrogen) atoms. The highest BCUT2D eigenvalue weighted by molar-refractivity contribution is 6.66. The van der Waals surface area contributed by atoms with Crippen molar-refractivity contribution in [3.8, 4) is 5.75 Å². The first-order valence-corrected chi connectivity index (χ1v) is 5.44. The third-order valence-corrected chi connectivity index (χ3v) is 2.32. The fraction of sp³-hybridized carbons (Fsp3) is 0.200. The van der Waals surface area contributed by atoms with E-state index in [1.807, 2.05) is 0 Å². The maximum atomic E-state index is 11.0. The molecule has 6 nitrogen and oxygen atoms in total. The van der Waals surface area contributed by atoms with Crippen LogP contribution in [-0.2, 0) is 9.59 Å². The molecule has 1 rings (SSSR count). The van der Waals surface area contributed by atoms with Gasteiger partial charge in [0.05, 0.1) is 11.3 Å². The number of benzene rings is 1. The van der Waals surface area contributed by atoms with Crippen LogP contribution in [-0.4, -0.2) is 21.5 Å². The van der Waals surface area contributed by atoms with E-state index < -0.39 is 21.5 Å². The van der Waals surface area contributed by atoms with Crippen molar-refractivity contribution in [1.82, 2.24) is 0 Å². The monoisotopic (exact) mass is 291 g/mol. The Morgan fingerprint density at radius 3 is 2.22 bits per heavy atom. The van der Waals surface area contributed by atoms with Crippen molar-refractivity contribution in [3.05, 3.63) is 34.4 Å². The van der Waals surface area contributed by atoms with Crippen LogP contribution in [0.4, 0.5) is 5.69 Å². The van der Waals surface area contributed by atoms with Crippen LogP contribution in [0.15, 0.2) is 24.3 Å². The predicted molar refractivity (Wildman–Crippen MR) is 63.8 cm³/mol. The standard InChI is InChI=1S/C10H7Cl2NO5/c11-9(14)5-8(10(12)15)18-7-3-1-6(2-4-7)13(16)17/h1-4,8H,5H2. The minimum Gasteiger partial charge on any atom is -0.481 e. The quantitative estimate of drug-likeness (QED) is 0.456. The molecule has 0 spiro atoms. The molecule has 0 heterocycles. The molecule has 0 N–H and O–H groups in total. The minimum absolute atomic E-state index is 0.121. The molecule has 0 amide bonds. The molecule has 1 aromatic rings. The molecular weight excluding hydrogens is 285 g/mol. The summed E-state index contributed by atoms with van der Waals surface area (Å²) in [5.74, 6) is 0.178. The van der Waals surface area contributed by atoms with Gasteiger partial charge in [0.15, 0.2) is 6.10 Å². The predicted octanol–water partition coefficient (Wildman–Crippen LogP) is 2.26. The Balaban J connectivity index is 2.78. The maximum Gasteiger partial charge on any atom is 0.269 e. The van der Waals surface area contributed by atoms with Gasteiger partial charge in [-0.15, -0.1) is 0 Å². The van der Waals surface area contributed by atoms with E-state index in [4.69, 9.17) is 27.9 Å². The lowest BCUT2D eigenvalue weighted by molar-refractivity contribution is -0.384. The zero-order chi connectivity index (χ0) is 13.7. The Kier molecular flexibility index (Phi) is 5.06. The van der Waals surface area contributed by atoms with Gasteiger partial charge in [-0.3, -0.25) is 19.7 Å². The first-order valence-electron chi connectivity index (χ1n) is 4.69. The molecule has 0 aliphatic carbocycles. The van der Waals surface area contributed by atoms with E-state index in [0.717, 1.165) is 0 Å². The molecule has 0 saturated heterocycles. The number of ether oxygens (including phenoxy) is 1. The van der Waals surface area contributed by atoms with Crippen molar-refractivity contribution in [1.29, 1.82) is 0 Å². The highest BCUT2D eigenvalue weighted by Crippen LogP contribution is 2.20. The van der Waals surface area contributed by atoms with E-state index in [2.05, 4.69) is 0 Å². The number of rotatable bonds is 6. The number of halogens is 2. The smallest absolute Gasteiger partial charge is 0.269 e. The molecule has 0 bridgehead atoms. The van der Waals surface area contributed by atoms with Gasteiger partial charge in [-0.2, -0.15) is 0 Å². The van der Waals surface area contributed by atoms with Crippen molar-refractivity contribution < 1.29 is 19.2 Å². The van der Waals surface area contributed by atoms with Crippen LogP contribution in [0.2, 0.25) is 0 Å². The summed E-state index contributed by atoms with van der Waals surface area (Å²) in [6.45, 7) is 0. The second-order valence-corrected chi connectivity index (χ2v) is 4.01. The van der Waals surface area contributed by atoms with E-state index in [0.29, 0.717) is 0 Å². The molecule has 0 radical (unpaired) electrons. The van der Waals surface area contributed by atoms with Crippen LogP contribution in [0.5, 0.6) is 5.75 Å². The molecule has 0 aliphatic heterocycles. The molecule has 8 heteroatoms. The van der Waals surface area contributed by atoms with Gasteiger partial charge in [-0.25, -0.2) is 0 Å². The van der Waals surface area contributed by atoms with Gasteiger partial charge in [0, 0.05) is 12.1 Å². The second-order valence-electron chi connectivity index (χ2n) is 3.22. The van der Waals surface area contributed by atoms with Gasteiger partial charge < -0.3 is 4.74 Å². The lowest BCUT2D eigenvalue weighted by Crippen LogP contribution is -2.25. The summed E-state index contributed by atoms with van der Waals surface area (Å²) < 4.78 is 5.11. The molecule has 0 saturated carbocycles. The van der Waals surface area contributed by atoms with Crippen LogP contribution in [0, 0.1) is 10.1 Å². The highest BCUT2D eigenvalue weighted by Gasteiger charge is 2.21. The first-order chi connectivity index (χ1) is 8.40. The topological polar surface area (TPSA) is 86.5 Å². The Morgan fingerprint density at radius 1 is 1.28 bits per heavy atom. The van der Waals surface area contributed by atoms with E-state index in [1.54, 1.807) is 0 Å². The van der Waals surface area contributed by atoms with Gasteiger partial charge in [-0.1, -0.05) is 0 Å². The summed E-state index contributed by atoms with van der Waals surface area (Å²) in [5, 5.41) is 8.78. The summed E-state index contributed by atoms with van der Waals surface area (Å²) in [7, 11) is 0. The van der Waals surface area contributed by atoms with Gasteiger partial charge in [0.1, 0.15) is 5.75 Å². The maximum absolute atomic E-state index is 11.0. The number of carbonyl (C=O) groups is 2. The first kappa shape index (κ1) is 14.4. The zero-order valence-corrected chi connectivity index (χ0v) is 10.4. The minimum atomic E-state index is -1.21. The van der Waals surface area contributed by atoms with E-state index in [1.165, 1.54) is 24.3 Å². The number of non-ortho nitro benzene ring substituents is 1. The van der Waals surface area contributed by atoms with E-state index >= 15 is 0 Å². The Labute approximate surface area is 112 Å². The van der Waals surface area contributed by atoms with Crippen LogP contribution >= 0.6 is 23.2 Å². The van der Waals surface area contributed by atoms with Gasteiger partial charge >= 0.3 is 0 Å². The third kappa shape index (κ3) is 4.31. The van der Waals surface area contributed by atoms with Crippen molar-refractivity contribution >= 4 is 39.4 Å². The number of hydrogen-bond acceptors (Lipinski definition) is 5. The van der Waals surface area contributed by atoms with Crippen LogP contribution < -0.4 is 4.74 Å². The lowest BCUT2D eigenvalue weighted by Gasteiger charge is -2.13. The van der Waals surface area contributed by atoms with Crippen LogP contribution in [0.25, 0.3) is 0 Å². The Morgan fingerprint density at radius 2 is 1.83 bits per heavy atom. The summed E-state index contributed by atoms with van der Waals surface area (Å²) in [5.41, 5.74) is -0.121. The molecule has 0 fully saturated rings. The fourth-order valence-electron chi connectivity index (χ4n) is 1.12. The summed E-state index contributed by atoms with van der Waals surface area (Å²) in [6, 6.07) is 4.99. The fourth-order valence-corrected chi connectivity index (χ4v) is 1.39. The average molecular weight is 292 g/mol. The van der Waals surface area contributed by atoms with Crippen molar-refractivity contribution in [2.24, 2.45) is 0 Å². The van der Waals surface area contributed by atoms with Gasteiger partial charge in [0.25, 0.3) is 10.9 Å². The lowest BCUT2D eigenvalue weighted by atomic mass is 10.2. The van der Waals surface area contributed by atoms with Crippen molar-refractivity contribution in [2.45, 2.75) is 12.5 Å². The number of nitro benzene ring substituents is 1. The average Bonchev–Trinajstić information content (AvgIpc) is 2.28. The summed E-state index contributed by atoms with van der Waals surface area (Å²) in [6.07, 6.45) is -1.58. The number of carbonyl (C=O) groups excluding carboxylic acids is 2. The Bertz CT molecular complexity index is 474. The molecule has 0 aromatic heterocycles. The molecule has 0 aliphatic rings. The molecular formula is C10H7Cl2NO5. The van der Waals surface area contributed by atoms with Gasteiger partial charge in [0.2, 0.25) is 5.24 Å². The van der Waals surface area contributed by atoms with E-state index in [9.17, 15) is 19.7 Å². The number of hydrogen-bond donors (Lipinski definition) is 0. The third-order valence-electron chi connectivity index (χ3n) is 1.92. The Hall–Kier alpha value is -1.66. The summed E-state index contributed by atoms with van der Waals surface area (Å²) in [4.78, 5) is 31.5. The van der Waals surface area contributed by atoms with Crippen molar-refractivity contribution in [2.75, 3.05) is 0 Å². The number of nitrogens with zero attached hydrogens (tertiary/aromatic N) is 1. The van der Waals surface area contributed by atoms with E-state index in [-0.39, 0.29) is 17.9 Å². The SMILES string of the molecule is O=C(Cl)CC(Oc1ccc([N+](=O)[O-])cc1)C(=O)Cl. The highest BCUT2D eigenvalue weighted by atomic mass is 35.5. The molecule has 1 aromatic carbocycles. The van der Waals surface area contributed by atoms with Crippen LogP contribution in [0.1, 0.15) is 6.42 Å². The molecule has 1 unspecified atom stereocenters. The van der Waals surface area contributed by atoms with Gasteiger partial charge in [-0.05, 0) is 35.3 Å². The number of nitro groups is 1. The zero-order valence-electron chi connectivity index (χ0n) is 8.84. The normalized spacial score (nSPS) is 11.7. The molecule has 96 valence electrons.